The third kappa shape index (κ3) is 4.09. The molecule has 1 N–H and O–H groups in total. The van der Waals surface area contributed by atoms with Crippen LogP contribution >= 0.6 is 0 Å². The molecule has 1 fully saturated rings. The lowest BCUT2D eigenvalue weighted by Crippen LogP contribution is -2.54. The standard InChI is InChI=1S/C20H22N6O2/c1-20(2,17(27)24-16-6-3-5-15(13-16)14-21)18(28)25-9-11-26(12-10-25)19-22-7-4-8-23-19/h3-8,13H,9-12H2,1-2H3,(H,24,27). The van der Waals surface area contributed by atoms with Crippen LogP contribution in [0.3, 0.4) is 0 Å². The van der Waals surface area contributed by atoms with Gasteiger partial charge in [0.1, 0.15) is 5.41 Å². The molecule has 0 saturated carbocycles. The summed E-state index contributed by atoms with van der Waals surface area (Å²) in [6.45, 7) is 5.45. The number of piperazine rings is 1. The van der Waals surface area contributed by atoms with Crippen molar-refractivity contribution in [2.45, 2.75) is 13.8 Å². The van der Waals surface area contributed by atoms with Crippen LogP contribution in [0, 0.1) is 16.7 Å². The molecular formula is C20H22N6O2. The van der Waals surface area contributed by atoms with Crippen molar-refractivity contribution in [2.75, 3.05) is 36.4 Å². The van der Waals surface area contributed by atoms with Gasteiger partial charge < -0.3 is 15.1 Å². The van der Waals surface area contributed by atoms with Crippen LogP contribution in [0.15, 0.2) is 42.7 Å². The van der Waals surface area contributed by atoms with Crippen molar-refractivity contribution >= 4 is 23.5 Å². The van der Waals surface area contributed by atoms with E-state index in [1.807, 2.05) is 11.0 Å². The van der Waals surface area contributed by atoms with Crippen LogP contribution in [0.4, 0.5) is 11.6 Å². The number of carbonyl (C=O) groups is 2. The maximum absolute atomic E-state index is 13.0. The number of anilines is 2. The molecule has 3 rings (SSSR count). The molecule has 8 heteroatoms. The predicted octanol–water partition coefficient (Wildman–Crippen LogP) is 1.66. The molecule has 0 spiro atoms. The fourth-order valence-electron chi connectivity index (χ4n) is 3.01. The van der Waals surface area contributed by atoms with E-state index in [2.05, 4.69) is 15.3 Å². The van der Waals surface area contributed by atoms with Crippen LogP contribution in [0.2, 0.25) is 0 Å². The van der Waals surface area contributed by atoms with Gasteiger partial charge in [-0.3, -0.25) is 9.59 Å². The normalized spacial score (nSPS) is 14.3. The van der Waals surface area contributed by atoms with Crippen LogP contribution in [0.5, 0.6) is 0 Å². The summed E-state index contributed by atoms with van der Waals surface area (Å²) in [4.78, 5) is 37.9. The van der Waals surface area contributed by atoms with Crippen molar-refractivity contribution in [2.24, 2.45) is 5.41 Å². The highest BCUT2D eigenvalue weighted by Crippen LogP contribution is 2.23. The number of carbonyl (C=O) groups excluding carboxylic acids is 2. The summed E-state index contributed by atoms with van der Waals surface area (Å²) in [5.74, 6) is 0.0143. The number of hydrogen-bond acceptors (Lipinski definition) is 6. The summed E-state index contributed by atoms with van der Waals surface area (Å²) >= 11 is 0. The minimum atomic E-state index is -1.23. The lowest BCUT2D eigenvalue weighted by atomic mass is 9.89. The molecule has 1 aromatic carbocycles. The molecule has 2 heterocycles. The average molecular weight is 378 g/mol. The highest BCUT2D eigenvalue weighted by atomic mass is 16.2. The van der Waals surface area contributed by atoms with Crippen LogP contribution in [-0.2, 0) is 9.59 Å². The fraction of sp³-hybridized carbons (Fsp3) is 0.350. The quantitative estimate of drug-likeness (QED) is 0.812. The molecule has 0 atom stereocenters. The van der Waals surface area contributed by atoms with E-state index < -0.39 is 11.3 Å². The smallest absolute Gasteiger partial charge is 0.239 e. The van der Waals surface area contributed by atoms with E-state index >= 15 is 0 Å². The van der Waals surface area contributed by atoms with Gasteiger partial charge in [0.2, 0.25) is 17.8 Å². The molecule has 1 aromatic heterocycles. The van der Waals surface area contributed by atoms with E-state index in [1.54, 1.807) is 61.5 Å². The van der Waals surface area contributed by atoms with E-state index in [1.165, 1.54) is 0 Å². The van der Waals surface area contributed by atoms with Gasteiger partial charge >= 0.3 is 0 Å². The first-order valence-electron chi connectivity index (χ1n) is 9.05. The Hall–Kier alpha value is -3.47. The maximum Gasteiger partial charge on any atom is 0.239 e. The van der Waals surface area contributed by atoms with Gasteiger partial charge in [-0.05, 0) is 38.1 Å². The zero-order valence-corrected chi connectivity index (χ0v) is 15.9. The molecule has 144 valence electrons. The third-order valence-corrected chi connectivity index (χ3v) is 4.75. The summed E-state index contributed by atoms with van der Waals surface area (Å²) in [6, 6.07) is 10.4. The number of amides is 2. The molecule has 2 amide bonds. The number of hydrogen-bond donors (Lipinski definition) is 1. The average Bonchev–Trinajstić information content (AvgIpc) is 2.74. The molecule has 1 saturated heterocycles. The monoisotopic (exact) mass is 378 g/mol. The fourth-order valence-corrected chi connectivity index (χ4v) is 3.01. The highest BCUT2D eigenvalue weighted by Gasteiger charge is 2.40. The first kappa shape index (κ1) is 19.3. The minimum Gasteiger partial charge on any atom is -0.338 e. The van der Waals surface area contributed by atoms with Crippen molar-refractivity contribution in [3.8, 4) is 6.07 Å². The van der Waals surface area contributed by atoms with Crippen molar-refractivity contribution in [3.05, 3.63) is 48.3 Å². The van der Waals surface area contributed by atoms with E-state index in [-0.39, 0.29) is 5.91 Å². The Labute approximate surface area is 163 Å². The number of nitriles is 1. The minimum absolute atomic E-state index is 0.227. The van der Waals surface area contributed by atoms with Crippen molar-refractivity contribution in [1.29, 1.82) is 5.26 Å². The number of rotatable bonds is 4. The molecular weight excluding hydrogens is 356 g/mol. The highest BCUT2D eigenvalue weighted by molar-refractivity contribution is 6.09. The molecule has 2 aromatic rings. The van der Waals surface area contributed by atoms with Gasteiger partial charge in [0.15, 0.2) is 0 Å². The summed E-state index contributed by atoms with van der Waals surface area (Å²) in [5.41, 5.74) is -0.286. The van der Waals surface area contributed by atoms with E-state index in [0.29, 0.717) is 43.4 Å². The van der Waals surface area contributed by atoms with E-state index in [0.717, 1.165) is 0 Å². The van der Waals surface area contributed by atoms with E-state index in [9.17, 15) is 9.59 Å². The third-order valence-electron chi connectivity index (χ3n) is 4.75. The molecule has 0 unspecified atom stereocenters. The molecule has 0 aliphatic carbocycles. The molecule has 0 bridgehead atoms. The van der Waals surface area contributed by atoms with Crippen LogP contribution in [0.25, 0.3) is 0 Å². The second-order valence-corrected chi connectivity index (χ2v) is 7.10. The van der Waals surface area contributed by atoms with E-state index in [4.69, 9.17) is 5.26 Å². The van der Waals surface area contributed by atoms with Crippen molar-refractivity contribution in [3.63, 3.8) is 0 Å². The first-order valence-corrected chi connectivity index (χ1v) is 9.05. The molecule has 28 heavy (non-hydrogen) atoms. The van der Waals surface area contributed by atoms with Crippen molar-refractivity contribution < 1.29 is 9.59 Å². The number of nitrogens with one attached hydrogen (secondary N) is 1. The zero-order chi connectivity index (χ0) is 20.1. The van der Waals surface area contributed by atoms with Gasteiger partial charge in [-0.25, -0.2) is 9.97 Å². The number of benzene rings is 1. The van der Waals surface area contributed by atoms with Gasteiger partial charge in [0.05, 0.1) is 11.6 Å². The summed E-state index contributed by atoms with van der Waals surface area (Å²) < 4.78 is 0. The molecule has 8 nitrogen and oxygen atoms in total. The molecule has 1 aliphatic heterocycles. The number of nitrogens with zero attached hydrogens (tertiary/aromatic N) is 5. The van der Waals surface area contributed by atoms with Gasteiger partial charge in [0.25, 0.3) is 0 Å². The van der Waals surface area contributed by atoms with Crippen molar-refractivity contribution in [1.82, 2.24) is 14.9 Å². The van der Waals surface area contributed by atoms with Gasteiger partial charge in [-0.15, -0.1) is 0 Å². The van der Waals surface area contributed by atoms with Gasteiger partial charge in [-0.1, -0.05) is 6.07 Å². The maximum atomic E-state index is 13.0. The predicted molar refractivity (Wildman–Crippen MR) is 104 cm³/mol. The van der Waals surface area contributed by atoms with Crippen LogP contribution in [-0.4, -0.2) is 52.9 Å². The Bertz CT molecular complexity index is 898. The zero-order valence-electron chi connectivity index (χ0n) is 15.9. The number of aromatic nitrogens is 2. The first-order chi connectivity index (χ1) is 13.4. The Morgan fingerprint density at radius 3 is 2.43 bits per heavy atom. The second-order valence-electron chi connectivity index (χ2n) is 7.10. The lowest BCUT2D eigenvalue weighted by molar-refractivity contribution is -0.146. The van der Waals surface area contributed by atoms with Gasteiger partial charge in [-0.2, -0.15) is 5.26 Å². The Morgan fingerprint density at radius 1 is 1.11 bits per heavy atom. The molecule has 0 radical (unpaired) electrons. The summed E-state index contributed by atoms with van der Waals surface area (Å²) in [7, 11) is 0. The van der Waals surface area contributed by atoms with Crippen LogP contribution in [0.1, 0.15) is 19.4 Å². The Kier molecular flexibility index (Phi) is 5.54. The summed E-state index contributed by atoms with van der Waals surface area (Å²) in [6.07, 6.45) is 3.38. The second kappa shape index (κ2) is 8.05. The van der Waals surface area contributed by atoms with Crippen LogP contribution < -0.4 is 10.2 Å². The topological polar surface area (TPSA) is 102 Å². The SMILES string of the molecule is CC(C)(C(=O)Nc1cccc(C#N)c1)C(=O)N1CCN(c2ncccn2)CC1. The lowest BCUT2D eigenvalue weighted by Gasteiger charge is -2.38. The largest absolute Gasteiger partial charge is 0.338 e. The molecule has 1 aliphatic rings. The Morgan fingerprint density at radius 2 is 1.79 bits per heavy atom. The van der Waals surface area contributed by atoms with Gasteiger partial charge in [0, 0.05) is 44.3 Å². The Balaban J connectivity index is 1.62. The summed E-state index contributed by atoms with van der Waals surface area (Å²) in [5, 5.41) is 11.7.